The molecule has 4 heteroatoms. The van der Waals surface area contributed by atoms with Gasteiger partial charge in [0.2, 0.25) is 0 Å². The fraction of sp³-hybridized carbons (Fsp3) is 0.0667. The predicted molar refractivity (Wildman–Crippen MR) is 206 cm³/mol. The summed E-state index contributed by atoms with van der Waals surface area (Å²) >= 11 is 1.87. The Bertz CT molecular complexity index is 2720. The van der Waals surface area contributed by atoms with Crippen LogP contribution in [0.2, 0.25) is 0 Å². The van der Waals surface area contributed by atoms with Crippen molar-refractivity contribution < 1.29 is 0 Å². The van der Waals surface area contributed by atoms with Crippen LogP contribution in [0.4, 0.5) is 0 Å². The number of imidazole rings is 1. The van der Waals surface area contributed by atoms with Crippen LogP contribution in [0.25, 0.3) is 81.9 Å². The zero-order chi connectivity index (χ0) is 32.7. The van der Waals surface area contributed by atoms with E-state index in [0.29, 0.717) is 0 Å². The largest absolute Gasteiger partial charge is 0.292 e. The number of fused-ring (bicyclic) bond motifs is 8. The summed E-state index contributed by atoms with van der Waals surface area (Å²) in [6, 6.07) is 54.2. The van der Waals surface area contributed by atoms with Crippen LogP contribution >= 0.6 is 11.3 Å². The molecule has 9 aromatic rings. The van der Waals surface area contributed by atoms with Crippen molar-refractivity contribution in [2.45, 2.75) is 19.3 Å². The second-order valence-corrected chi connectivity index (χ2v) is 14.5. The third-order valence-corrected chi connectivity index (χ3v) is 11.4. The first-order valence-electron chi connectivity index (χ1n) is 16.8. The van der Waals surface area contributed by atoms with Crippen molar-refractivity contribution in [1.82, 2.24) is 14.5 Å². The van der Waals surface area contributed by atoms with E-state index >= 15 is 0 Å². The van der Waals surface area contributed by atoms with E-state index in [4.69, 9.17) is 9.97 Å². The molecule has 232 valence electrons. The molecule has 1 aliphatic rings. The van der Waals surface area contributed by atoms with Gasteiger partial charge in [0.05, 0.1) is 26.9 Å². The molecule has 1 aliphatic carbocycles. The van der Waals surface area contributed by atoms with Crippen LogP contribution in [-0.2, 0) is 5.41 Å². The van der Waals surface area contributed by atoms with Gasteiger partial charge in [0, 0.05) is 37.9 Å². The molecule has 0 spiro atoms. The lowest BCUT2D eigenvalue weighted by Crippen LogP contribution is -2.17. The number of para-hydroxylation sites is 3. The number of hydrogen-bond donors (Lipinski definition) is 0. The van der Waals surface area contributed by atoms with E-state index < -0.39 is 0 Å². The number of thiophene rings is 1. The van der Waals surface area contributed by atoms with Crippen LogP contribution in [0.1, 0.15) is 25.0 Å². The Morgan fingerprint density at radius 3 is 2.00 bits per heavy atom. The molecule has 0 radical (unpaired) electrons. The van der Waals surface area contributed by atoms with Gasteiger partial charge in [-0.1, -0.05) is 135 Å². The average molecular weight is 646 g/mol. The van der Waals surface area contributed by atoms with Crippen molar-refractivity contribution in [3.8, 4) is 50.6 Å². The maximum Gasteiger partial charge on any atom is 0.145 e. The fourth-order valence-electron chi connectivity index (χ4n) is 7.86. The number of pyridine rings is 1. The molecule has 0 amide bonds. The molecule has 0 saturated heterocycles. The van der Waals surface area contributed by atoms with Crippen molar-refractivity contribution in [3.05, 3.63) is 163 Å². The number of aromatic nitrogens is 3. The number of rotatable bonds is 4. The van der Waals surface area contributed by atoms with Gasteiger partial charge in [-0.25, -0.2) is 9.97 Å². The zero-order valence-electron chi connectivity index (χ0n) is 27.2. The summed E-state index contributed by atoms with van der Waals surface area (Å²) in [5, 5.41) is 1.23. The molecule has 0 bridgehead atoms. The van der Waals surface area contributed by atoms with Crippen LogP contribution in [-0.4, -0.2) is 14.5 Å². The Kier molecular flexibility index (Phi) is 6.09. The molecule has 10 rings (SSSR count). The van der Waals surface area contributed by atoms with Crippen LogP contribution < -0.4 is 0 Å². The third-order valence-electron chi connectivity index (χ3n) is 10.2. The molecular weight excluding hydrogens is 615 g/mol. The minimum absolute atomic E-state index is 0.163. The van der Waals surface area contributed by atoms with Gasteiger partial charge in [-0.2, -0.15) is 0 Å². The highest BCUT2D eigenvalue weighted by Gasteiger charge is 2.40. The van der Waals surface area contributed by atoms with Crippen molar-refractivity contribution in [2.75, 3.05) is 0 Å². The van der Waals surface area contributed by atoms with Gasteiger partial charge in [0.1, 0.15) is 5.82 Å². The standard InChI is InChI=1S/C45H31N3S/c1-45(2)35-16-8-6-14-33(35)39-40(45)41(47-42-34-15-7-11-19-38(34)49-43(39)42)30-24-20-28(21-25-30)29-22-26-31(27-23-29)44-46-36-17-9-10-18-37(36)48(44)32-12-4-3-5-13-32/h3-27H,1-2H3. The molecule has 3 nitrogen and oxygen atoms in total. The molecule has 0 aliphatic heterocycles. The highest BCUT2D eigenvalue weighted by molar-refractivity contribution is 7.26. The van der Waals surface area contributed by atoms with Crippen molar-refractivity contribution >= 4 is 42.7 Å². The second-order valence-electron chi connectivity index (χ2n) is 13.4. The molecule has 49 heavy (non-hydrogen) atoms. The summed E-state index contributed by atoms with van der Waals surface area (Å²) in [5.74, 6) is 0.939. The van der Waals surface area contributed by atoms with Crippen LogP contribution in [0.5, 0.6) is 0 Å². The van der Waals surface area contributed by atoms with Gasteiger partial charge in [0.15, 0.2) is 0 Å². The summed E-state index contributed by atoms with van der Waals surface area (Å²) < 4.78 is 4.82. The SMILES string of the molecule is CC1(C)c2ccccc2-c2c1c(-c1ccc(-c3ccc(-c4nc5ccccc5n4-c4ccccc4)cc3)cc1)nc1c2sc2ccccc21. The average Bonchev–Trinajstić information content (AvgIpc) is 3.80. The number of hydrogen-bond acceptors (Lipinski definition) is 3. The molecule has 0 atom stereocenters. The Hall–Kier alpha value is -5.84. The highest BCUT2D eigenvalue weighted by atomic mass is 32.1. The minimum atomic E-state index is -0.163. The maximum atomic E-state index is 5.48. The van der Waals surface area contributed by atoms with E-state index in [0.717, 1.165) is 44.9 Å². The Morgan fingerprint density at radius 1 is 0.571 bits per heavy atom. The minimum Gasteiger partial charge on any atom is -0.292 e. The highest BCUT2D eigenvalue weighted by Crippen LogP contribution is 2.56. The van der Waals surface area contributed by atoms with Crippen LogP contribution in [0, 0.1) is 0 Å². The molecule has 0 unspecified atom stereocenters. The van der Waals surface area contributed by atoms with E-state index in [1.54, 1.807) is 0 Å². The molecule has 3 heterocycles. The lowest BCUT2D eigenvalue weighted by atomic mass is 9.80. The number of benzene rings is 6. The zero-order valence-corrected chi connectivity index (χ0v) is 28.0. The Labute approximate surface area is 288 Å². The molecule has 0 N–H and O–H groups in total. The summed E-state index contributed by atoms with van der Waals surface area (Å²) in [6.45, 7) is 4.70. The quantitative estimate of drug-likeness (QED) is 0.191. The molecular formula is C45H31N3S. The first-order valence-corrected chi connectivity index (χ1v) is 17.6. The predicted octanol–water partition coefficient (Wildman–Crippen LogP) is 12.1. The van der Waals surface area contributed by atoms with Gasteiger partial charge in [0.25, 0.3) is 0 Å². The molecule has 3 aromatic heterocycles. The van der Waals surface area contributed by atoms with Crippen molar-refractivity contribution in [2.24, 2.45) is 0 Å². The summed E-state index contributed by atoms with van der Waals surface area (Å²) in [6.07, 6.45) is 0. The second kappa shape index (κ2) is 10.6. The van der Waals surface area contributed by atoms with E-state index in [-0.39, 0.29) is 5.41 Å². The molecule has 0 fully saturated rings. The van der Waals surface area contributed by atoms with Crippen LogP contribution in [0.3, 0.4) is 0 Å². The summed E-state index contributed by atoms with van der Waals surface area (Å²) in [7, 11) is 0. The third kappa shape index (κ3) is 4.21. The Morgan fingerprint density at radius 2 is 1.20 bits per heavy atom. The van der Waals surface area contributed by atoms with E-state index in [9.17, 15) is 0 Å². The fourth-order valence-corrected chi connectivity index (χ4v) is 9.07. The monoisotopic (exact) mass is 645 g/mol. The summed E-state index contributed by atoms with van der Waals surface area (Å²) in [4.78, 5) is 10.5. The normalized spacial score (nSPS) is 13.3. The number of nitrogens with zero attached hydrogens (tertiary/aromatic N) is 3. The summed E-state index contributed by atoms with van der Waals surface area (Å²) in [5.41, 5.74) is 15.2. The first-order chi connectivity index (χ1) is 24.1. The topological polar surface area (TPSA) is 30.7 Å². The van der Waals surface area contributed by atoms with Gasteiger partial charge < -0.3 is 0 Å². The van der Waals surface area contributed by atoms with Crippen molar-refractivity contribution in [1.29, 1.82) is 0 Å². The van der Waals surface area contributed by atoms with Gasteiger partial charge in [-0.05, 0) is 58.1 Å². The van der Waals surface area contributed by atoms with Gasteiger partial charge >= 0.3 is 0 Å². The Balaban J connectivity index is 1.07. The van der Waals surface area contributed by atoms with Gasteiger partial charge in [-0.3, -0.25) is 4.57 Å². The van der Waals surface area contributed by atoms with Crippen molar-refractivity contribution in [3.63, 3.8) is 0 Å². The van der Waals surface area contributed by atoms with E-state index in [1.165, 1.54) is 48.2 Å². The first kappa shape index (κ1) is 28.2. The molecule has 6 aromatic carbocycles. The van der Waals surface area contributed by atoms with Crippen LogP contribution in [0.15, 0.2) is 152 Å². The maximum absolute atomic E-state index is 5.48. The van der Waals surface area contributed by atoms with E-state index in [2.05, 4.69) is 158 Å². The lowest BCUT2D eigenvalue weighted by Gasteiger charge is -2.24. The van der Waals surface area contributed by atoms with Gasteiger partial charge in [-0.15, -0.1) is 11.3 Å². The smallest absolute Gasteiger partial charge is 0.145 e. The van der Waals surface area contributed by atoms with E-state index in [1.807, 2.05) is 23.5 Å². The lowest BCUT2D eigenvalue weighted by molar-refractivity contribution is 0.660. The molecule has 0 saturated carbocycles.